The highest BCUT2D eigenvalue weighted by Crippen LogP contribution is 2.07. The zero-order valence-electron chi connectivity index (χ0n) is 14.1. The van der Waals surface area contributed by atoms with Crippen LogP contribution in [-0.4, -0.2) is 22.4 Å². The van der Waals surface area contributed by atoms with E-state index >= 15 is 0 Å². The fourth-order valence-electron chi connectivity index (χ4n) is 1.96. The summed E-state index contributed by atoms with van der Waals surface area (Å²) < 4.78 is 0. The summed E-state index contributed by atoms with van der Waals surface area (Å²) in [7, 11) is 0. The Balaban J connectivity index is 3.46. The van der Waals surface area contributed by atoms with Crippen molar-refractivity contribution in [1.82, 2.24) is 0 Å². The molecule has 0 saturated carbocycles. The summed E-state index contributed by atoms with van der Waals surface area (Å²) in [4.78, 5) is 0. The van der Waals surface area contributed by atoms with E-state index in [0.29, 0.717) is 6.42 Å². The van der Waals surface area contributed by atoms with Crippen molar-refractivity contribution in [3.63, 3.8) is 0 Å². The molecular formula is C21H30O2. The van der Waals surface area contributed by atoms with Crippen molar-refractivity contribution in [2.45, 2.75) is 70.0 Å². The van der Waals surface area contributed by atoms with Crippen LogP contribution in [-0.2, 0) is 0 Å². The number of terminal acetylenes is 1. The minimum absolute atomic E-state index is 0.405. The van der Waals surface area contributed by atoms with Crippen LogP contribution in [0, 0.1) is 24.2 Å². The largest absolute Gasteiger partial charge is 0.389 e. The Bertz CT molecular complexity index is 443. The van der Waals surface area contributed by atoms with E-state index in [1.165, 1.54) is 6.42 Å². The molecule has 2 N–H and O–H groups in total. The van der Waals surface area contributed by atoms with Crippen LogP contribution in [0.15, 0.2) is 37.0 Å². The first-order chi connectivity index (χ1) is 11.2. The quantitative estimate of drug-likeness (QED) is 0.246. The van der Waals surface area contributed by atoms with Crippen molar-refractivity contribution < 1.29 is 10.2 Å². The van der Waals surface area contributed by atoms with Gasteiger partial charge in [-0.25, -0.2) is 0 Å². The fourth-order valence-corrected chi connectivity index (χ4v) is 1.96. The van der Waals surface area contributed by atoms with Gasteiger partial charge in [-0.3, -0.25) is 0 Å². The van der Waals surface area contributed by atoms with Gasteiger partial charge in [0.15, 0.2) is 0 Å². The van der Waals surface area contributed by atoms with Crippen LogP contribution < -0.4 is 0 Å². The van der Waals surface area contributed by atoms with Gasteiger partial charge in [0.25, 0.3) is 0 Å². The zero-order chi connectivity index (χ0) is 17.2. The SMILES string of the molecule is C#CC(O)CCCCCC/C=C\C=C/C#CCCCC(O)C=C. The van der Waals surface area contributed by atoms with Crippen LogP contribution in [0.2, 0.25) is 0 Å². The summed E-state index contributed by atoms with van der Waals surface area (Å²) in [5.74, 6) is 8.37. The normalized spacial score (nSPS) is 13.4. The standard InChI is InChI=1S/C21H30O2/c1-3-20(22)18-16-14-12-10-8-6-5-7-9-11-13-15-17-19-21(23)4-2/h1,4-7,9,20-23H,2,8,10,12,14-19H2/b6-5-,9-7-. The molecule has 0 aliphatic carbocycles. The second-order valence-electron chi connectivity index (χ2n) is 5.48. The lowest BCUT2D eigenvalue weighted by molar-refractivity contribution is 0.210. The number of unbranched alkanes of at least 4 members (excludes halogenated alkanes) is 5. The minimum atomic E-state index is -0.576. The van der Waals surface area contributed by atoms with Gasteiger partial charge >= 0.3 is 0 Å². The first kappa shape index (κ1) is 21.3. The molecule has 0 spiro atoms. The Labute approximate surface area is 142 Å². The Morgan fingerprint density at radius 3 is 2.52 bits per heavy atom. The third-order valence-electron chi connectivity index (χ3n) is 3.39. The Kier molecular flexibility index (Phi) is 15.4. The molecule has 0 heterocycles. The summed E-state index contributed by atoms with van der Waals surface area (Å²) in [5, 5.41) is 18.5. The molecule has 23 heavy (non-hydrogen) atoms. The third kappa shape index (κ3) is 16.5. The molecule has 0 fully saturated rings. The highest BCUT2D eigenvalue weighted by molar-refractivity contribution is 5.19. The maximum atomic E-state index is 9.28. The summed E-state index contributed by atoms with van der Waals surface area (Å²) in [6, 6.07) is 0. The zero-order valence-corrected chi connectivity index (χ0v) is 14.1. The van der Waals surface area contributed by atoms with Crippen LogP contribution in [0.1, 0.15) is 57.8 Å². The maximum absolute atomic E-state index is 9.28. The van der Waals surface area contributed by atoms with E-state index in [4.69, 9.17) is 6.42 Å². The van der Waals surface area contributed by atoms with Crippen molar-refractivity contribution in [3.8, 4) is 24.2 Å². The van der Waals surface area contributed by atoms with Crippen LogP contribution in [0.25, 0.3) is 0 Å². The number of rotatable bonds is 12. The van der Waals surface area contributed by atoms with Gasteiger partial charge in [-0.1, -0.05) is 54.9 Å². The van der Waals surface area contributed by atoms with E-state index in [9.17, 15) is 10.2 Å². The van der Waals surface area contributed by atoms with Gasteiger partial charge in [-0.15, -0.1) is 13.0 Å². The molecule has 0 aromatic rings. The first-order valence-electron chi connectivity index (χ1n) is 8.45. The summed E-state index contributed by atoms with van der Waals surface area (Å²) in [6.45, 7) is 3.53. The molecule has 0 rings (SSSR count). The van der Waals surface area contributed by atoms with Crippen LogP contribution in [0.4, 0.5) is 0 Å². The van der Waals surface area contributed by atoms with Crippen molar-refractivity contribution in [2.24, 2.45) is 0 Å². The Hall–Kier alpha value is -1.74. The van der Waals surface area contributed by atoms with Gasteiger partial charge < -0.3 is 10.2 Å². The third-order valence-corrected chi connectivity index (χ3v) is 3.39. The number of hydrogen-bond donors (Lipinski definition) is 2. The van der Waals surface area contributed by atoms with Crippen molar-refractivity contribution >= 4 is 0 Å². The second kappa shape index (κ2) is 16.6. The van der Waals surface area contributed by atoms with Crippen LogP contribution in [0.5, 0.6) is 0 Å². The molecule has 0 aromatic carbocycles. The molecule has 2 unspecified atom stereocenters. The number of hydrogen-bond acceptors (Lipinski definition) is 2. The summed E-state index contributed by atoms with van der Waals surface area (Å²) in [5.41, 5.74) is 0. The molecule has 0 aliphatic rings. The molecule has 126 valence electrons. The predicted molar refractivity (Wildman–Crippen MR) is 98.7 cm³/mol. The molecule has 0 aromatic heterocycles. The minimum Gasteiger partial charge on any atom is -0.389 e. The molecule has 0 saturated heterocycles. The molecule has 0 amide bonds. The number of aliphatic hydroxyl groups excluding tert-OH is 2. The lowest BCUT2D eigenvalue weighted by Crippen LogP contribution is -2.01. The monoisotopic (exact) mass is 314 g/mol. The molecule has 2 nitrogen and oxygen atoms in total. The van der Waals surface area contributed by atoms with E-state index < -0.39 is 12.2 Å². The average Bonchev–Trinajstić information content (AvgIpc) is 2.57. The van der Waals surface area contributed by atoms with Crippen molar-refractivity contribution in [2.75, 3.05) is 0 Å². The summed E-state index contributed by atoms with van der Waals surface area (Å²) in [6.07, 6.45) is 22.3. The van der Waals surface area contributed by atoms with Crippen molar-refractivity contribution in [1.29, 1.82) is 0 Å². The van der Waals surface area contributed by atoms with Crippen LogP contribution in [0.3, 0.4) is 0 Å². The van der Waals surface area contributed by atoms with Gasteiger partial charge in [0.2, 0.25) is 0 Å². The van der Waals surface area contributed by atoms with Gasteiger partial charge in [-0.05, 0) is 44.6 Å². The van der Waals surface area contributed by atoms with E-state index in [1.807, 2.05) is 18.2 Å². The van der Waals surface area contributed by atoms with Gasteiger partial charge in [0, 0.05) is 6.42 Å². The second-order valence-corrected chi connectivity index (χ2v) is 5.48. The lowest BCUT2D eigenvalue weighted by atomic mass is 10.1. The molecule has 2 atom stereocenters. The topological polar surface area (TPSA) is 40.5 Å². The lowest BCUT2D eigenvalue weighted by Gasteiger charge is -2.02. The summed E-state index contributed by atoms with van der Waals surface area (Å²) >= 11 is 0. The highest BCUT2D eigenvalue weighted by Gasteiger charge is 1.97. The van der Waals surface area contributed by atoms with E-state index in [-0.39, 0.29) is 0 Å². The smallest absolute Gasteiger partial charge is 0.114 e. The van der Waals surface area contributed by atoms with Gasteiger partial charge in [-0.2, -0.15) is 0 Å². The molecule has 2 heteroatoms. The fraction of sp³-hybridized carbons (Fsp3) is 0.524. The van der Waals surface area contributed by atoms with E-state index in [1.54, 1.807) is 6.08 Å². The van der Waals surface area contributed by atoms with Crippen LogP contribution >= 0.6 is 0 Å². The Morgan fingerprint density at radius 1 is 1.00 bits per heavy atom. The first-order valence-corrected chi connectivity index (χ1v) is 8.45. The molecule has 0 radical (unpaired) electrons. The number of allylic oxidation sites excluding steroid dienone is 4. The highest BCUT2D eigenvalue weighted by atomic mass is 16.3. The van der Waals surface area contributed by atoms with E-state index in [0.717, 1.165) is 44.9 Å². The molecule has 0 aliphatic heterocycles. The predicted octanol–water partition coefficient (Wildman–Crippen LogP) is 4.15. The Morgan fingerprint density at radius 2 is 1.78 bits per heavy atom. The molecule has 0 bridgehead atoms. The molecular weight excluding hydrogens is 284 g/mol. The van der Waals surface area contributed by atoms with Gasteiger partial charge in [0.1, 0.15) is 6.10 Å². The van der Waals surface area contributed by atoms with E-state index in [2.05, 4.69) is 30.4 Å². The number of aliphatic hydroxyl groups is 2. The maximum Gasteiger partial charge on any atom is 0.114 e. The average molecular weight is 314 g/mol. The van der Waals surface area contributed by atoms with Crippen molar-refractivity contribution in [3.05, 3.63) is 37.0 Å². The van der Waals surface area contributed by atoms with Gasteiger partial charge in [0.05, 0.1) is 6.10 Å².